The lowest BCUT2D eigenvalue weighted by Gasteiger charge is -2.09. The van der Waals surface area contributed by atoms with Crippen LogP contribution in [0.2, 0.25) is 0 Å². The van der Waals surface area contributed by atoms with E-state index in [-0.39, 0.29) is 11.8 Å². The predicted octanol–water partition coefficient (Wildman–Crippen LogP) is 3.06. The topological polar surface area (TPSA) is 87.9 Å². The van der Waals surface area contributed by atoms with Crippen molar-refractivity contribution >= 4 is 23.4 Å². The van der Waals surface area contributed by atoms with Gasteiger partial charge >= 0.3 is 0 Å². The maximum absolute atomic E-state index is 11.5. The highest BCUT2D eigenvalue weighted by atomic mass is 32.2. The molecule has 1 aromatic heterocycles. The number of nitrogens with one attached hydrogen (secondary N) is 1. The molecule has 0 bridgehead atoms. The molecule has 0 aliphatic heterocycles. The van der Waals surface area contributed by atoms with Crippen LogP contribution in [0.25, 0.3) is 0 Å². The van der Waals surface area contributed by atoms with Gasteiger partial charge in [-0.1, -0.05) is 0 Å². The Labute approximate surface area is 138 Å². The molecule has 0 aliphatic carbocycles. The van der Waals surface area contributed by atoms with Gasteiger partial charge in [-0.15, -0.1) is 5.10 Å². The zero-order chi connectivity index (χ0) is 16.8. The van der Waals surface area contributed by atoms with Crippen LogP contribution in [0.4, 0.5) is 5.69 Å². The summed E-state index contributed by atoms with van der Waals surface area (Å²) >= 11 is 1.46. The van der Waals surface area contributed by atoms with Gasteiger partial charge in [-0.3, -0.25) is 4.79 Å². The van der Waals surface area contributed by atoms with Crippen LogP contribution in [0.15, 0.2) is 24.3 Å². The maximum atomic E-state index is 11.5. The van der Waals surface area contributed by atoms with Crippen LogP contribution in [0.3, 0.4) is 0 Å². The number of benzene rings is 1. The number of aryl methyl sites for hydroxylation is 1. The minimum atomic E-state index is -0.0574. The fourth-order valence-electron chi connectivity index (χ4n) is 1.84. The van der Waals surface area contributed by atoms with E-state index in [2.05, 4.69) is 21.6 Å². The van der Waals surface area contributed by atoms with Gasteiger partial charge in [-0.2, -0.15) is 22.1 Å². The molecule has 1 N–H and O–H groups in total. The standard InChI is InChI=1S/C16H16N4O2S/c1-10-11(2)19-20-16(14(10)8-17)22-13-6-4-12(5-7-13)18-15(21)9-23-3/h4-7H,9H2,1-3H3,(H,18,21). The molecule has 0 saturated carbocycles. The first-order valence-electron chi connectivity index (χ1n) is 6.86. The van der Waals surface area contributed by atoms with Crippen molar-refractivity contribution in [3.05, 3.63) is 41.1 Å². The molecule has 2 aromatic rings. The molecule has 1 aromatic carbocycles. The summed E-state index contributed by atoms with van der Waals surface area (Å²) in [6.45, 7) is 3.60. The number of aromatic nitrogens is 2. The van der Waals surface area contributed by atoms with Crippen molar-refractivity contribution in [1.82, 2.24) is 10.2 Å². The molecule has 23 heavy (non-hydrogen) atoms. The van der Waals surface area contributed by atoms with Crippen molar-refractivity contribution in [2.45, 2.75) is 13.8 Å². The summed E-state index contributed by atoms with van der Waals surface area (Å²) in [6.07, 6.45) is 1.87. The minimum Gasteiger partial charge on any atom is -0.437 e. The number of nitrogens with zero attached hydrogens (tertiary/aromatic N) is 3. The molecule has 0 unspecified atom stereocenters. The van der Waals surface area contributed by atoms with Crippen LogP contribution < -0.4 is 10.1 Å². The molecule has 0 atom stereocenters. The highest BCUT2D eigenvalue weighted by Gasteiger charge is 2.13. The largest absolute Gasteiger partial charge is 0.437 e. The molecule has 7 heteroatoms. The molecular formula is C16H16N4O2S. The summed E-state index contributed by atoms with van der Waals surface area (Å²) in [5.74, 6) is 1.04. The van der Waals surface area contributed by atoms with E-state index in [9.17, 15) is 10.1 Å². The van der Waals surface area contributed by atoms with E-state index in [1.54, 1.807) is 38.1 Å². The Bertz CT molecular complexity index is 754. The summed E-state index contributed by atoms with van der Waals surface area (Å²) in [6, 6.07) is 8.95. The van der Waals surface area contributed by atoms with Crippen LogP contribution in [0, 0.1) is 25.2 Å². The first-order chi connectivity index (χ1) is 11.0. The van der Waals surface area contributed by atoms with Crippen molar-refractivity contribution in [2.24, 2.45) is 0 Å². The molecule has 118 valence electrons. The van der Waals surface area contributed by atoms with Gasteiger partial charge < -0.3 is 10.1 Å². The van der Waals surface area contributed by atoms with Gasteiger partial charge in [0.15, 0.2) is 0 Å². The molecule has 1 heterocycles. The van der Waals surface area contributed by atoms with Crippen molar-refractivity contribution < 1.29 is 9.53 Å². The number of rotatable bonds is 5. The Morgan fingerprint density at radius 1 is 1.30 bits per heavy atom. The molecular weight excluding hydrogens is 312 g/mol. The molecule has 0 aliphatic rings. The Morgan fingerprint density at radius 2 is 2.00 bits per heavy atom. The highest BCUT2D eigenvalue weighted by molar-refractivity contribution is 7.99. The van der Waals surface area contributed by atoms with Gasteiger partial charge in [-0.25, -0.2) is 0 Å². The second-order valence-corrected chi connectivity index (χ2v) is 5.68. The SMILES string of the molecule is CSCC(=O)Nc1ccc(Oc2nnc(C)c(C)c2C#N)cc1. The Morgan fingerprint density at radius 3 is 2.61 bits per heavy atom. The third-order valence-electron chi connectivity index (χ3n) is 3.16. The van der Waals surface area contributed by atoms with Gasteiger partial charge in [0, 0.05) is 5.69 Å². The first-order valence-corrected chi connectivity index (χ1v) is 8.25. The second-order valence-electron chi connectivity index (χ2n) is 4.81. The average Bonchev–Trinajstić information content (AvgIpc) is 2.53. The van der Waals surface area contributed by atoms with Gasteiger partial charge in [0.25, 0.3) is 5.88 Å². The Hall–Kier alpha value is -2.59. The second kappa shape index (κ2) is 7.61. The summed E-state index contributed by atoms with van der Waals surface area (Å²) < 4.78 is 5.63. The number of amides is 1. The van der Waals surface area contributed by atoms with E-state index in [4.69, 9.17) is 4.74 Å². The molecule has 1 amide bonds. The van der Waals surface area contributed by atoms with E-state index in [1.165, 1.54) is 11.8 Å². The monoisotopic (exact) mass is 328 g/mol. The van der Waals surface area contributed by atoms with Crippen LogP contribution in [-0.4, -0.2) is 28.1 Å². The fraction of sp³-hybridized carbons (Fsp3) is 0.250. The van der Waals surface area contributed by atoms with E-state index in [0.29, 0.717) is 28.4 Å². The fourth-order valence-corrected chi connectivity index (χ4v) is 2.17. The van der Waals surface area contributed by atoms with Crippen molar-refractivity contribution in [2.75, 3.05) is 17.3 Å². The van der Waals surface area contributed by atoms with Crippen molar-refractivity contribution in [3.63, 3.8) is 0 Å². The zero-order valence-corrected chi connectivity index (χ0v) is 13.9. The number of hydrogen-bond acceptors (Lipinski definition) is 6. The molecule has 0 radical (unpaired) electrons. The minimum absolute atomic E-state index is 0.0574. The number of ether oxygens (including phenoxy) is 1. The van der Waals surface area contributed by atoms with Gasteiger partial charge in [0.2, 0.25) is 5.91 Å². The van der Waals surface area contributed by atoms with E-state index >= 15 is 0 Å². The summed E-state index contributed by atoms with van der Waals surface area (Å²) in [4.78, 5) is 11.5. The highest BCUT2D eigenvalue weighted by Crippen LogP contribution is 2.26. The lowest BCUT2D eigenvalue weighted by Crippen LogP contribution is -2.13. The number of anilines is 1. The number of carbonyl (C=O) groups is 1. The number of thioether (sulfide) groups is 1. The summed E-state index contributed by atoms with van der Waals surface area (Å²) in [5.41, 5.74) is 2.50. The normalized spacial score (nSPS) is 10.0. The van der Waals surface area contributed by atoms with Crippen molar-refractivity contribution in [3.8, 4) is 17.7 Å². The Kier molecular flexibility index (Phi) is 5.55. The molecule has 0 fully saturated rings. The third-order valence-corrected chi connectivity index (χ3v) is 3.71. The van der Waals surface area contributed by atoms with Gasteiger partial charge in [0.1, 0.15) is 17.4 Å². The van der Waals surface area contributed by atoms with Crippen LogP contribution >= 0.6 is 11.8 Å². The first kappa shape index (κ1) is 16.8. The lowest BCUT2D eigenvalue weighted by molar-refractivity contribution is -0.113. The third kappa shape index (κ3) is 4.20. The lowest BCUT2D eigenvalue weighted by atomic mass is 10.1. The number of nitriles is 1. The van der Waals surface area contributed by atoms with E-state index < -0.39 is 0 Å². The van der Waals surface area contributed by atoms with Gasteiger partial charge in [-0.05, 0) is 49.9 Å². The quantitative estimate of drug-likeness (QED) is 0.907. The van der Waals surface area contributed by atoms with Crippen LogP contribution in [0.5, 0.6) is 11.6 Å². The van der Waals surface area contributed by atoms with Gasteiger partial charge in [0.05, 0.1) is 11.4 Å². The maximum Gasteiger partial charge on any atom is 0.257 e. The van der Waals surface area contributed by atoms with Crippen molar-refractivity contribution in [1.29, 1.82) is 5.26 Å². The summed E-state index contributed by atoms with van der Waals surface area (Å²) in [5, 5.41) is 19.9. The zero-order valence-electron chi connectivity index (χ0n) is 13.1. The predicted molar refractivity (Wildman–Crippen MR) is 89.7 cm³/mol. The molecule has 0 saturated heterocycles. The number of hydrogen-bond donors (Lipinski definition) is 1. The smallest absolute Gasteiger partial charge is 0.257 e. The number of carbonyl (C=O) groups excluding carboxylic acids is 1. The molecule has 0 spiro atoms. The summed E-state index contributed by atoms with van der Waals surface area (Å²) in [7, 11) is 0. The molecule has 2 rings (SSSR count). The molecule has 6 nitrogen and oxygen atoms in total. The van der Waals surface area contributed by atoms with Crippen LogP contribution in [0.1, 0.15) is 16.8 Å². The Balaban J connectivity index is 2.15. The average molecular weight is 328 g/mol. The van der Waals surface area contributed by atoms with Crippen LogP contribution in [-0.2, 0) is 4.79 Å². The van der Waals surface area contributed by atoms with E-state index in [0.717, 1.165) is 5.56 Å². The van der Waals surface area contributed by atoms with E-state index in [1.807, 2.05) is 6.26 Å².